The third kappa shape index (κ3) is 6.77. The standard InChI is InChI=1S/C19H35N5O3S/c1-5-16(6-2)18-12-17(27-23-18)14-22-19(20-7-3)21-13-15-8-10-24(11-9-15)28(4,25)26/h12,15-16H,5-11,13-14H2,1-4H3,(H2,20,21,22). The summed E-state index contributed by atoms with van der Waals surface area (Å²) in [7, 11) is -3.08. The van der Waals surface area contributed by atoms with Crippen LogP contribution >= 0.6 is 0 Å². The lowest BCUT2D eigenvalue weighted by Crippen LogP contribution is -2.44. The van der Waals surface area contributed by atoms with Crippen molar-refractivity contribution in [1.29, 1.82) is 0 Å². The van der Waals surface area contributed by atoms with E-state index in [-0.39, 0.29) is 0 Å². The minimum absolute atomic E-state index is 0.436. The Hall–Kier alpha value is -1.61. The molecule has 8 nitrogen and oxygen atoms in total. The molecule has 2 N–H and O–H groups in total. The molecule has 0 radical (unpaired) electrons. The number of sulfonamides is 1. The van der Waals surface area contributed by atoms with Crippen molar-refractivity contribution in [3.8, 4) is 0 Å². The number of nitrogens with zero attached hydrogens (tertiary/aromatic N) is 3. The highest BCUT2D eigenvalue weighted by atomic mass is 32.2. The van der Waals surface area contributed by atoms with Gasteiger partial charge in [-0.25, -0.2) is 17.7 Å². The number of nitrogens with one attached hydrogen (secondary N) is 2. The van der Waals surface area contributed by atoms with E-state index in [4.69, 9.17) is 4.52 Å². The molecule has 0 saturated carbocycles. The van der Waals surface area contributed by atoms with Crippen LogP contribution in [0.3, 0.4) is 0 Å². The maximum atomic E-state index is 11.6. The first kappa shape index (κ1) is 22.7. The summed E-state index contributed by atoms with van der Waals surface area (Å²) >= 11 is 0. The van der Waals surface area contributed by atoms with E-state index in [2.05, 4.69) is 34.6 Å². The quantitative estimate of drug-likeness (QED) is 0.476. The minimum Gasteiger partial charge on any atom is -0.359 e. The number of hydrogen-bond acceptors (Lipinski definition) is 5. The fourth-order valence-electron chi connectivity index (χ4n) is 3.49. The van der Waals surface area contributed by atoms with Crippen LogP contribution in [0, 0.1) is 5.92 Å². The highest BCUT2D eigenvalue weighted by molar-refractivity contribution is 7.88. The summed E-state index contributed by atoms with van der Waals surface area (Å²) < 4.78 is 30.2. The van der Waals surface area contributed by atoms with Gasteiger partial charge in [-0.15, -0.1) is 0 Å². The Morgan fingerprint density at radius 2 is 1.96 bits per heavy atom. The van der Waals surface area contributed by atoms with Gasteiger partial charge in [0.25, 0.3) is 0 Å². The van der Waals surface area contributed by atoms with Crippen LogP contribution in [0.2, 0.25) is 0 Å². The van der Waals surface area contributed by atoms with Gasteiger partial charge < -0.3 is 15.2 Å². The molecule has 28 heavy (non-hydrogen) atoms. The predicted molar refractivity (Wildman–Crippen MR) is 112 cm³/mol. The van der Waals surface area contributed by atoms with E-state index in [1.165, 1.54) is 6.26 Å². The molecule has 1 fully saturated rings. The Balaban J connectivity index is 1.86. The minimum atomic E-state index is -3.08. The fraction of sp³-hybridized carbons (Fsp3) is 0.789. The summed E-state index contributed by atoms with van der Waals surface area (Å²) in [6, 6.07) is 2.01. The molecular formula is C19H35N5O3S. The first-order chi connectivity index (χ1) is 13.4. The summed E-state index contributed by atoms with van der Waals surface area (Å²) in [6.07, 6.45) is 5.10. The van der Waals surface area contributed by atoms with Crippen molar-refractivity contribution in [3.05, 3.63) is 17.5 Å². The van der Waals surface area contributed by atoms with E-state index in [0.29, 0.717) is 31.5 Å². The van der Waals surface area contributed by atoms with Crippen molar-refractivity contribution in [2.45, 2.75) is 58.9 Å². The SMILES string of the molecule is CCNC(=NCc1cc(C(CC)CC)no1)NCC1CCN(S(C)(=O)=O)CC1. The van der Waals surface area contributed by atoms with E-state index in [9.17, 15) is 8.42 Å². The number of aromatic nitrogens is 1. The molecular weight excluding hydrogens is 378 g/mol. The second kappa shape index (κ2) is 10.8. The van der Waals surface area contributed by atoms with E-state index < -0.39 is 10.0 Å². The zero-order chi connectivity index (χ0) is 20.6. The van der Waals surface area contributed by atoms with Gasteiger partial charge in [0.1, 0.15) is 6.54 Å². The van der Waals surface area contributed by atoms with Crippen LogP contribution < -0.4 is 10.6 Å². The largest absolute Gasteiger partial charge is 0.359 e. The molecule has 1 saturated heterocycles. The molecule has 1 aliphatic rings. The van der Waals surface area contributed by atoms with Crippen LogP contribution in [0.1, 0.15) is 63.8 Å². The van der Waals surface area contributed by atoms with Crippen molar-refractivity contribution in [2.24, 2.45) is 10.9 Å². The van der Waals surface area contributed by atoms with Crippen molar-refractivity contribution >= 4 is 16.0 Å². The van der Waals surface area contributed by atoms with E-state index in [1.807, 2.05) is 13.0 Å². The third-order valence-corrected chi connectivity index (χ3v) is 6.62. The lowest BCUT2D eigenvalue weighted by Gasteiger charge is -2.30. The fourth-order valence-corrected chi connectivity index (χ4v) is 4.36. The Kier molecular flexibility index (Phi) is 8.75. The number of rotatable bonds is 9. The van der Waals surface area contributed by atoms with E-state index >= 15 is 0 Å². The molecule has 0 unspecified atom stereocenters. The van der Waals surface area contributed by atoms with Gasteiger partial charge in [-0.05, 0) is 38.5 Å². The van der Waals surface area contributed by atoms with Gasteiger partial charge in [0, 0.05) is 38.2 Å². The molecule has 2 rings (SSSR count). The lowest BCUT2D eigenvalue weighted by molar-refractivity contribution is 0.275. The first-order valence-electron chi connectivity index (χ1n) is 10.3. The molecule has 1 aliphatic heterocycles. The molecule has 0 aromatic carbocycles. The van der Waals surface area contributed by atoms with Crippen molar-refractivity contribution in [3.63, 3.8) is 0 Å². The van der Waals surface area contributed by atoms with Crippen LogP contribution in [-0.4, -0.2) is 56.3 Å². The van der Waals surface area contributed by atoms with Crippen LogP contribution in [0.25, 0.3) is 0 Å². The molecule has 2 heterocycles. The summed E-state index contributed by atoms with van der Waals surface area (Å²) in [4.78, 5) is 4.60. The van der Waals surface area contributed by atoms with Crippen LogP contribution in [0.15, 0.2) is 15.6 Å². The van der Waals surface area contributed by atoms with E-state index in [1.54, 1.807) is 4.31 Å². The molecule has 1 aromatic heterocycles. The molecule has 0 bridgehead atoms. The Labute approximate surface area is 169 Å². The van der Waals surface area contributed by atoms with Gasteiger partial charge in [-0.1, -0.05) is 19.0 Å². The van der Waals surface area contributed by atoms with Crippen molar-refractivity contribution < 1.29 is 12.9 Å². The molecule has 0 aliphatic carbocycles. The number of hydrogen-bond donors (Lipinski definition) is 2. The normalized spacial score (nSPS) is 17.2. The van der Waals surface area contributed by atoms with Crippen LogP contribution in [0.4, 0.5) is 0 Å². The van der Waals surface area contributed by atoms with E-state index in [0.717, 1.165) is 56.2 Å². The average Bonchev–Trinajstić information content (AvgIpc) is 3.13. The summed E-state index contributed by atoms with van der Waals surface area (Å²) in [5.41, 5.74) is 1.01. The Morgan fingerprint density at radius 1 is 1.29 bits per heavy atom. The zero-order valence-electron chi connectivity index (χ0n) is 17.6. The van der Waals surface area contributed by atoms with Gasteiger partial charge in [-0.3, -0.25) is 0 Å². The predicted octanol–water partition coefficient (Wildman–Crippen LogP) is 2.30. The summed E-state index contributed by atoms with van der Waals surface area (Å²) in [5.74, 6) is 2.38. The van der Waals surface area contributed by atoms with Gasteiger partial charge in [-0.2, -0.15) is 0 Å². The van der Waals surface area contributed by atoms with Gasteiger partial charge >= 0.3 is 0 Å². The summed E-state index contributed by atoms with van der Waals surface area (Å²) in [6.45, 7) is 9.52. The Morgan fingerprint density at radius 3 is 2.54 bits per heavy atom. The van der Waals surface area contributed by atoms with Gasteiger partial charge in [0.15, 0.2) is 11.7 Å². The van der Waals surface area contributed by atoms with Crippen molar-refractivity contribution in [1.82, 2.24) is 20.1 Å². The molecule has 0 spiro atoms. The molecule has 1 aromatic rings. The monoisotopic (exact) mass is 413 g/mol. The summed E-state index contributed by atoms with van der Waals surface area (Å²) in [5, 5.41) is 10.8. The highest BCUT2D eigenvalue weighted by Gasteiger charge is 2.24. The molecule has 0 atom stereocenters. The number of piperidine rings is 1. The lowest BCUT2D eigenvalue weighted by atomic mass is 9.98. The zero-order valence-corrected chi connectivity index (χ0v) is 18.4. The smallest absolute Gasteiger partial charge is 0.211 e. The molecule has 0 amide bonds. The molecule has 160 valence electrons. The third-order valence-electron chi connectivity index (χ3n) is 5.32. The van der Waals surface area contributed by atoms with Crippen LogP contribution in [0.5, 0.6) is 0 Å². The van der Waals surface area contributed by atoms with Gasteiger partial charge in [0.05, 0.1) is 11.9 Å². The number of aliphatic imine (C=N–C) groups is 1. The maximum absolute atomic E-state index is 11.6. The van der Waals surface area contributed by atoms with Gasteiger partial charge in [0.2, 0.25) is 10.0 Å². The maximum Gasteiger partial charge on any atom is 0.211 e. The topological polar surface area (TPSA) is 99.8 Å². The number of guanidine groups is 1. The second-order valence-electron chi connectivity index (χ2n) is 7.41. The van der Waals surface area contributed by atoms with Crippen LogP contribution in [-0.2, 0) is 16.6 Å². The second-order valence-corrected chi connectivity index (χ2v) is 9.40. The average molecular weight is 414 g/mol. The first-order valence-corrected chi connectivity index (χ1v) is 12.1. The Bertz CT molecular complexity index is 720. The highest BCUT2D eigenvalue weighted by Crippen LogP contribution is 2.22. The van der Waals surface area contributed by atoms with Crippen molar-refractivity contribution in [2.75, 3.05) is 32.4 Å². The molecule has 9 heteroatoms.